The summed E-state index contributed by atoms with van der Waals surface area (Å²) in [5.74, 6) is -0.0201. The van der Waals surface area contributed by atoms with Crippen LogP contribution in [-0.2, 0) is 17.8 Å². The number of nitrogens with zero attached hydrogens (tertiary/aromatic N) is 1. The first-order chi connectivity index (χ1) is 14.5. The summed E-state index contributed by atoms with van der Waals surface area (Å²) in [5, 5.41) is 0.314. The van der Waals surface area contributed by atoms with Crippen LogP contribution in [0.4, 0.5) is 14.5 Å². The van der Waals surface area contributed by atoms with Crippen LogP contribution in [0.25, 0.3) is 0 Å². The molecule has 0 amide bonds. The largest absolute Gasteiger partial charge is 0.493 e. The van der Waals surface area contributed by atoms with E-state index in [2.05, 4.69) is 0 Å². The van der Waals surface area contributed by atoms with E-state index in [1.165, 1.54) is 30.0 Å². The van der Waals surface area contributed by atoms with Crippen molar-refractivity contribution < 1.29 is 18.3 Å². The van der Waals surface area contributed by atoms with Crippen molar-refractivity contribution in [2.24, 2.45) is 0 Å². The summed E-state index contributed by atoms with van der Waals surface area (Å²) in [6, 6.07) is 16.4. The SMILES string of the molecule is O=C1CN(Cc2c(F)cccc2Cl)c2cc(OCCc3ccc(F)cc3)ccc2S1. The van der Waals surface area contributed by atoms with Crippen molar-refractivity contribution in [2.75, 3.05) is 18.1 Å². The van der Waals surface area contributed by atoms with Gasteiger partial charge in [-0.3, -0.25) is 4.79 Å². The average Bonchev–Trinajstić information content (AvgIpc) is 2.72. The molecule has 0 unspecified atom stereocenters. The summed E-state index contributed by atoms with van der Waals surface area (Å²) in [6.07, 6.45) is 0.638. The van der Waals surface area contributed by atoms with Crippen molar-refractivity contribution in [1.82, 2.24) is 0 Å². The van der Waals surface area contributed by atoms with E-state index in [9.17, 15) is 13.6 Å². The summed E-state index contributed by atoms with van der Waals surface area (Å²) < 4.78 is 33.1. The molecule has 0 N–H and O–H groups in total. The number of carbonyl (C=O) groups is 1. The third-order valence-electron chi connectivity index (χ3n) is 4.80. The monoisotopic (exact) mass is 445 g/mol. The lowest BCUT2D eigenvalue weighted by molar-refractivity contribution is -0.110. The molecule has 0 fully saturated rings. The molecule has 0 saturated heterocycles. The zero-order valence-corrected chi connectivity index (χ0v) is 17.5. The maximum atomic E-state index is 14.3. The van der Waals surface area contributed by atoms with Gasteiger partial charge in [-0.25, -0.2) is 8.78 Å². The quantitative estimate of drug-likeness (QED) is 0.474. The Morgan fingerprint density at radius 2 is 1.87 bits per heavy atom. The van der Waals surface area contributed by atoms with Gasteiger partial charge >= 0.3 is 0 Å². The van der Waals surface area contributed by atoms with Crippen molar-refractivity contribution in [1.29, 1.82) is 0 Å². The molecule has 3 nitrogen and oxygen atoms in total. The fourth-order valence-electron chi connectivity index (χ4n) is 3.27. The fraction of sp³-hybridized carbons (Fsp3) is 0.174. The summed E-state index contributed by atoms with van der Waals surface area (Å²) in [5.41, 5.74) is 2.14. The summed E-state index contributed by atoms with van der Waals surface area (Å²) >= 11 is 7.34. The van der Waals surface area contributed by atoms with Crippen LogP contribution < -0.4 is 9.64 Å². The first-order valence-corrected chi connectivity index (χ1v) is 10.6. The summed E-state index contributed by atoms with van der Waals surface area (Å²) in [4.78, 5) is 14.8. The molecule has 1 aliphatic rings. The minimum absolute atomic E-state index is 0.0139. The number of thioether (sulfide) groups is 1. The molecule has 3 aromatic carbocycles. The van der Waals surface area contributed by atoms with E-state index >= 15 is 0 Å². The molecule has 0 atom stereocenters. The molecular formula is C23H18ClF2NO2S. The normalized spacial score (nSPS) is 13.3. The van der Waals surface area contributed by atoms with Gasteiger partial charge in [0.2, 0.25) is 5.12 Å². The fourth-order valence-corrected chi connectivity index (χ4v) is 4.39. The highest BCUT2D eigenvalue weighted by Gasteiger charge is 2.25. The number of fused-ring (bicyclic) bond motifs is 1. The van der Waals surface area contributed by atoms with Crippen LogP contribution in [0.15, 0.2) is 65.6 Å². The Bertz CT molecular complexity index is 1060. The third kappa shape index (κ3) is 4.77. The molecule has 0 saturated carbocycles. The van der Waals surface area contributed by atoms with E-state index in [0.29, 0.717) is 29.4 Å². The van der Waals surface area contributed by atoms with E-state index in [1.54, 1.807) is 24.3 Å². The number of anilines is 1. The number of hydrogen-bond acceptors (Lipinski definition) is 4. The van der Waals surface area contributed by atoms with Gasteiger partial charge in [0.15, 0.2) is 0 Å². The Morgan fingerprint density at radius 3 is 2.63 bits per heavy atom. The highest BCUT2D eigenvalue weighted by Crippen LogP contribution is 2.39. The van der Waals surface area contributed by atoms with Gasteiger partial charge in [-0.1, -0.05) is 29.8 Å². The number of carbonyl (C=O) groups excluding carboxylic acids is 1. The minimum Gasteiger partial charge on any atom is -0.493 e. The molecule has 30 heavy (non-hydrogen) atoms. The van der Waals surface area contributed by atoms with E-state index in [-0.39, 0.29) is 24.0 Å². The Labute approximate surface area is 182 Å². The number of ether oxygens (including phenoxy) is 1. The lowest BCUT2D eigenvalue weighted by atomic mass is 10.1. The summed E-state index contributed by atoms with van der Waals surface area (Å²) in [6.45, 7) is 0.765. The lowest BCUT2D eigenvalue weighted by Crippen LogP contribution is -2.32. The van der Waals surface area contributed by atoms with E-state index in [0.717, 1.165) is 16.1 Å². The number of rotatable bonds is 6. The van der Waals surface area contributed by atoms with Crippen LogP contribution >= 0.6 is 23.4 Å². The first-order valence-electron chi connectivity index (χ1n) is 9.39. The van der Waals surface area contributed by atoms with Crippen LogP contribution in [-0.4, -0.2) is 18.3 Å². The molecule has 4 rings (SSSR count). The Kier molecular flexibility index (Phi) is 6.25. The zero-order chi connectivity index (χ0) is 21.1. The van der Waals surface area contributed by atoms with Crippen molar-refractivity contribution in [3.8, 4) is 5.75 Å². The maximum Gasteiger partial charge on any atom is 0.213 e. The topological polar surface area (TPSA) is 29.5 Å². The van der Waals surface area contributed by atoms with Crippen molar-refractivity contribution in [3.63, 3.8) is 0 Å². The molecule has 0 aliphatic carbocycles. The van der Waals surface area contributed by atoms with Gasteiger partial charge in [-0.2, -0.15) is 0 Å². The standard InChI is InChI=1S/C23H18ClF2NO2S/c24-19-2-1-3-20(26)18(19)13-27-14-23(28)30-22-9-8-17(12-21(22)27)29-11-10-15-4-6-16(25)7-5-15/h1-9,12H,10-11,13-14H2. The molecular weight excluding hydrogens is 428 g/mol. The lowest BCUT2D eigenvalue weighted by Gasteiger charge is -2.30. The van der Waals surface area contributed by atoms with Crippen LogP contribution in [0, 0.1) is 11.6 Å². The molecule has 0 radical (unpaired) electrons. The van der Waals surface area contributed by atoms with Crippen molar-refractivity contribution in [3.05, 3.63) is 88.4 Å². The van der Waals surface area contributed by atoms with Gasteiger partial charge in [0.1, 0.15) is 17.4 Å². The average molecular weight is 446 g/mol. The molecule has 0 spiro atoms. The predicted octanol–water partition coefficient (Wildman–Crippen LogP) is 5.88. The minimum atomic E-state index is -0.401. The van der Waals surface area contributed by atoms with Gasteiger partial charge in [-0.05, 0) is 53.7 Å². The van der Waals surface area contributed by atoms with E-state index in [4.69, 9.17) is 16.3 Å². The molecule has 3 aromatic rings. The molecule has 0 bridgehead atoms. The summed E-state index contributed by atoms with van der Waals surface area (Å²) in [7, 11) is 0. The Morgan fingerprint density at radius 1 is 1.07 bits per heavy atom. The van der Waals surface area contributed by atoms with Gasteiger partial charge < -0.3 is 9.64 Å². The van der Waals surface area contributed by atoms with Gasteiger partial charge in [0.05, 0.1) is 18.8 Å². The van der Waals surface area contributed by atoms with Crippen LogP contribution in [0.5, 0.6) is 5.75 Å². The second kappa shape index (κ2) is 9.06. The highest BCUT2D eigenvalue weighted by atomic mass is 35.5. The number of benzene rings is 3. The van der Waals surface area contributed by atoms with Gasteiger partial charge in [0.25, 0.3) is 0 Å². The van der Waals surface area contributed by atoms with Crippen LogP contribution in [0.3, 0.4) is 0 Å². The predicted molar refractivity (Wildman–Crippen MR) is 115 cm³/mol. The first kappa shape index (κ1) is 20.7. The third-order valence-corrected chi connectivity index (χ3v) is 6.07. The van der Waals surface area contributed by atoms with Gasteiger partial charge in [0, 0.05) is 34.5 Å². The van der Waals surface area contributed by atoms with Gasteiger partial charge in [-0.15, -0.1) is 0 Å². The molecule has 0 aromatic heterocycles. The highest BCUT2D eigenvalue weighted by molar-refractivity contribution is 8.14. The Balaban J connectivity index is 1.51. The number of hydrogen-bond donors (Lipinski definition) is 0. The second-order valence-corrected chi connectivity index (χ2v) is 8.39. The molecule has 154 valence electrons. The van der Waals surface area contributed by atoms with E-state index in [1.807, 2.05) is 23.1 Å². The molecule has 1 heterocycles. The Hall–Kier alpha value is -2.57. The number of halogens is 3. The van der Waals surface area contributed by atoms with E-state index < -0.39 is 5.82 Å². The maximum absolute atomic E-state index is 14.3. The zero-order valence-electron chi connectivity index (χ0n) is 15.9. The second-order valence-electron chi connectivity index (χ2n) is 6.88. The molecule has 1 aliphatic heterocycles. The van der Waals surface area contributed by atoms with Crippen molar-refractivity contribution in [2.45, 2.75) is 17.9 Å². The van der Waals surface area contributed by atoms with Crippen LogP contribution in [0.1, 0.15) is 11.1 Å². The van der Waals surface area contributed by atoms with Crippen molar-refractivity contribution >= 4 is 34.2 Å². The molecule has 7 heteroatoms. The smallest absolute Gasteiger partial charge is 0.213 e. The van der Waals surface area contributed by atoms with Crippen LogP contribution in [0.2, 0.25) is 5.02 Å².